The molecule has 0 fully saturated rings. The first-order chi connectivity index (χ1) is 9.65. The molecular formula is C13H22N2O6. The summed E-state index contributed by atoms with van der Waals surface area (Å²) in [6.45, 7) is 8.47. The van der Waals surface area contributed by atoms with E-state index in [1.165, 1.54) is 6.08 Å². The SMILES string of the molecule is C=CCOC(=O)NCCC(NC(=O)OC(C)(C)C)C(=O)O. The second kappa shape index (κ2) is 8.83. The highest BCUT2D eigenvalue weighted by molar-refractivity contribution is 5.80. The summed E-state index contributed by atoms with van der Waals surface area (Å²) < 4.78 is 9.62. The number of carbonyl (C=O) groups is 3. The Labute approximate surface area is 123 Å². The average Bonchev–Trinajstić information content (AvgIpc) is 2.32. The first kappa shape index (κ1) is 18.8. The van der Waals surface area contributed by atoms with Crippen molar-refractivity contribution in [3.8, 4) is 0 Å². The van der Waals surface area contributed by atoms with Gasteiger partial charge in [-0.3, -0.25) is 0 Å². The summed E-state index contributed by atoms with van der Waals surface area (Å²) in [4.78, 5) is 33.6. The highest BCUT2D eigenvalue weighted by atomic mass is 16.6. The van der Waals surface area contributed by atoms with Gasteiger partial charge in [-0.15, -0.1) is 0 Å². The molecule has 3 N–H and O–H groups in total. The summed E-state index contributed by atoms with van der Waals surface area (Å²) >= 11 is 0. The van der Waals surface area contributed by atoms with Gasteiger partial charge in [0.2, 0.25) is 0 Å². The van der Waals surface area contributed by atoms with Crippen molar-refractivity contribution in [2.75, 3.05) is 13.2 Å². The van der Waals surface area contributed by atoms with E-state index in [9.17, 15) is 14.4 Å². The number of ether oxygens (including phenoxy) is 2. The fraction of sp³-hybridized carbons (Fsp3) is 0.615. The number of amides is 2. The van der Waals surface area contributed by atoms with Gasteiger partial charge >= 0.3 is 18.2 Å². The molecule has 0 bridgehead atoms. The highest BCUT2D eigenvalue weighted by Gasteiger charge is 2.23. The van der Waals surface area contributed by atoms with Gasteiger partial charge in [0.25, 0.3) is 0 Å². The zero-order valence-corrected chi connectivity index (χ0v) is 12.5. The zero-order chi connectivity index (χ0) is 16.5. The maximum absolute atomic E-state index is 11.5. The van der Waals surface area contributed by atoms with Crippen LogP contribution in [-0.2, 0) is 14.3 Å². The summed E-state index contributed by atoms with van der Waals surface area (Å²) in [6, 6.07) is -1.17. The standard InChI is InChI=1S/C13H22N2O6/c1-5-8-20-11(18)14-7-6-9(10(16)17)15-12(19)21-13(2,3)4/h5,9H,1,6-8H2,2-4H3,(H,14,18)(H,15,19)(H,16,17). The lowest BCUT2D eigenvalue weighted by Gasteiger charge is -2.22. The lowest BCUT2D eigenvalue weighted by atomic mass is 10.2. The van der Waals surface area contributed by atoms with E-state index >= 15 is 0 Å². The number of carboxylic acids is 1. The van der Waals surface area contributed by atoms with Gasteiger partial charge in [0.1, 0.15) is 18.2 Å². The molecule has 0 heterocycles. The molecule has 0 saturated carbocycles. The van der Waals surface area contributed by atoms with E-state index in [1.54, 1.807) is 20.8 Å². The summed E-state index contributed by atoms with van der Waals surface area (Å²) in [5.74, 6) is -1.22. The van der Waals surface area contributed by atoms with Crippen LogP contribution in [0.25, 0.3) is 0 Å². The van der Waals surface area contributed by atoms with Crippen LogP contribution in [0.3, 0.4) is 0 Å². The summed E-state index contributed by atoms with van der Waals surface area (Å²) in [7, 11) is 0. The Balaban J connectivity index is 4.20. The van der Waals surface area contributed by atoms with Crippen LogP contribution in [0.15, 0.2) is 12.7 Å². The van der Waals surface area contributed by atoms with E-state index in [0.717, 1.165) is 0 Å². The molecule has 0 aromatic rings. The number of carboxylic acid groups (broad SMARTS) is 1. The van der Waals surface area contributed by atoms with E-state index < -0.39 is 29.8 Å². The molecule has 2 amide bonds. The molecule has 0 radical (unpaired) electrons. The van der Waals surface area contributed by atoms with Crippen LogP contribution in [-0.4, -0.2) is 48.1 Å². The number of alkyl carbamates (subject to hydrolysis) is 2. The number of rotatable bonds is 7. The molecule has 120 valence electrons. The third-order valence-corrected chi connectivity index (χ3v) is 2.02. The average molecular weight is 302 g/mol. The van der Waals surface area contributed by atoms with Gasteiger partial charge in [-0.05, 0) is 27.2 Å². The summed E-state index contributed by atoms with van der Waals surface area (Å²) in [5, 5.41) is 13.6. The zero-order valence-electron chi connectivity index (χ0n) is 12.5. The quantitative estimate of drug-likeness (QED) is 0.610. The molecular weight excluding hydrogens is 280 g/mol. The fourth-order valence-electron chi connectivity index (χ4n) is 1.21. The second-order valence-corrected chi connectivity index (χ2v) is 5.14. The van der Waals surface area contributed by atoms with Crippen molar-refractivity contribution in [1.82, 2.24) is 10.6 Å². The lowest BCUT2D eigenvalue weighted by molar-refractivity contribution is -0.139. The maximum atomic E-state index is 11.5. The summed E-state index contributed by atoms with van der Waals surface area (Å²) in [6.07, 6.45) is -0.109. The van der Waals surface area contributed by atoms with Gasteiger partial charge in [-0.25, -0.2) is 14.4 Å². The Morgan fingerprint density at radius 2 is 1.90 bits per heavy atom. The normalized spacial score (nSPS) is 12.0. The van der Waals surface area contributed by atoms with Crippen LogP contribution >= 0.6 is 0 Å². The lowest BCUT2D eigenvalue weighted by Crippen LogP contribution is -2.45. The third-order valence-electron chi connectivity index (χ3n) is 2.02. The fourth-order valence-corrected chi connectivity index (χ4v) is 1.21. The topological polar surface area (TPSA) is 114 Å². The van der Waals surface area contributed by atoms with Crippen molar-refractivity contribution in [3.05, 3.63) is 12.7 Å². The van der Waals surface area contributed by atoms with E-state index in [-0.39, 0.29) is 19.6 Å². The van der Waals surface area contributed by atoms with Crippen LogP contribution in [0.5, 0.6) is 0 Å². The number of hydrogen-bond acceptors (Lipinski definition) is 5. The van der Waals surface area contributed by atoms with Gasteiger partial charge in [-0.1, -0.05) is 12.7 Å². The molecule has 0 aromatic carbocycles. The van der Waals surface area contributed by atoms with E-state index in [2.05, 4.69) is 21.9 Å². The molecule has 0 saturated heterocycles. The molecule has 0 aliphatic carbocycles. The van der Waals surface area contributed by atoms with E-state index in [1.807, 2.05) is 0 Å². The van der Waals surface area contributed by atoms with Crippen molar-refractivity contribution in [2.24, 2.45) is 0 Å². The molecule has 8 nitrogen and oxygen atoms in total. The highest BCUT2D eigenvalue weighted by Crippen LogP contribution is 2.07. The molecule has 8 heteroatoms. The smallest absolute Gasteiger partial charge is 0.408 e. The molecule has 0 aromatic heterocycles. The monoisotopic (exact) mass is 302 g/mol. The van der Waals surface area contributed by atoms with Crippen LogP contribution in [0.4, 0.5) is 9.59 Å². The Morgan fingerprint density at radius 1 is 1.29 bits per heavy atom. The van der Waals surface area contributed by atoms with Gasteiger partial charge in [0, 0.05) is 6.54 Å². The van der Waals surface area contributed by atoms with Crippen molar-refractivity contribution in [2.45, 2.75) is 38.8 Å². The minimum absolute atomic E-state index is 0.00222. The van der Waals surface area contributed by atoms with Crippen LogP contribution < -0.4 is 10.6 Å². The molecule has 0 aliphatic rings. The van der Waals surface area contributed by atoms with Gasteiger partial charge in [-0.2, -0.15) is 0 Å². The second-order valence-electron chi connectivity index (χ2n) is 5.14. The number of hydrogen-bond donors (Lipinski definition) is 3. The predicted octanol–water partition coefficient (Wildman–Crippen LogP) is 1.27. The molecule has 0 aliphatic heterocycles. The third kappa shape index (κ3) is 10.2. The molecule has 21 heavy (non-hydrogen) atoms. The minimum atomic E-state index is -1.22. The Bertz CT molecular complexity index is 389. The largest absolute Gasteiger partial charge is 0.480 e. The number of nitrogens with one attached hydrogen (secondary N) is 2. The molecule has 0 spiro atoms. The Kier molecular flexibility index (Phi) is 7.88. The molecule has 1 unspecified atom stereocenters. The Hall–Kier alpha value is -2.25. The first-order valence-electron chi connectivity index (χ1n) is 6.39. The number of carbonyl (C=O) groups excluding carboxylic acids is 2. The van der Waals surface area contributed by atoms with Crippen molar-refractivity contribution in [3.63, 3.8) is 0 Å². The maximum Gasteiger partial charge on any atom is 0.408 e. The van der Waals surface area contributed by atoms with Crippen LogP contribution in [0.2, 0.25) is 0 Å². The van der Waals surface area contributed by atoms with Crippen LogP contribution in [0, 0.1) is 0 Å². The minimum Gasteiger partial charge on any atom is -0.480 e. The molecule has 0 rings (SSSR count). The Morgan fingerprint density at radius 3 is 2.38 bits per heavy atom. The number of aliphatic carboxylic acids is 1. The first-order valence-corrected chi connectivity index (χ1v) is 6.39. The molecule has 1 atom stereocenters. The van der Waals surface area contributed by atoms with Crippen molar-refractivity contribution >= 4 is 18.2 Å². The van der Waals surface area contributed by atoms with Crippen LogP contribution in [0.1, 0.15) is 27.2 Å². The van der Waals surface area contributed by atoms with E-state index in [4.69, 9.17) is 9.84 Å². The summed E-state index contributed by atoms with van der Waals surface area (Å²) in [5.41, 5.74) is -0.722. The predicted molar refractivity (Wildman–Crippen MR) is 75.0 cm³/mol. The van der Waals surface area contributed by atoms with Gasteiger partial charge in [0.05, 0.1) is 0 Å². The van der Waals surface area contributed by atoms with Crippen molar-refractivity contribution in [1.29, 1.82) is 0 Å². The van der Waals surface area contributed by atoms with Gasteiger partial charge < -0.3 is 25.2 Å². The van der Waals surface area contributed by atoms with Gasteiger partial charge in [0.15, 0.2) is 0 Å². The van der Waals surface area contributed by atoms with E-state index in [0.29, 0.717) is 0 Å². The van der Waals surface area contributed by atoms with Crippen molar-refractivity contribution < 1.29 is 29.0 Å².